The standard InChI is InChI=1S/C28H34N2O4S/c1-20(22-12-14-23(15-13-22)28(3,4)5)29-27(31)21(2)30(35(6,32)33)24-16-18-26(19-17-24)34-25-10-8-7-9-11-25/h7-21H,1-6H3,(H,29,31). The molecule has 35 heavy (non-hydrogen) atoms. The van der Waals surface area contributed by atoms with Gasteiger partial charge in [-0.25, -0.2) is 8.42 Å². The zero-order valence-electron chi connectivity index (χ0n) is 21.1. The number of ether oxygens (including phenoxy) is 1. The second kappa shape index (κ2) is 10.5. The van der Waals surface area contributed by atoms with Crippen LogP contribution in [0, 0.1) is 0 Å². The predicted molar refractivity (Wildman–Crippen MR) is 141 cm³/mol. The van der Waals surface area contributed by atoms with Crippen LogP contribution in [0.15, 0.2) is 78.9 Å². The normalized spacial score (nSPS) is 13.5. The fraction of sp³-hybridized carbons (Fsp3) is 0.321. The van der Waals surface area contributed by atoms with E-state index in [9.17, 15) is 13.2 Å². The number of anilines is 1. The average Bonchev–Trinajstić information content (AvgIpc) is 2.79. The summed E-state index contributed by atoms with van der Waals surface area (Å²) >= 11 is 0. The second-order valence-corrected chi connectivity index (χ2v) is 11.6. The lowest BCUT2D eigenvalue weighted by Crippen LogP contribution is -2.48. The molecule has 0 aliphatic heterocycles. The van der Waals surface area contributed by atoms with Gasteiger partial charge in [0.1, 0.15) is 17.5 Å². The van der Waals surface area contributed by atoms with E-state index >= 15 is 0 Å². The van der Waals surface area contributed by atoms with E-state index in [2.05, 4.69) is 38.2 Å². The van der Waals surface area contributed by atoms with Crippen LogP contribution < -0.4 is 14.4 Å². The molecule has 0 saturated heterocycles. The summed E-state index contributed by atoms with van der Waals surface area (Å²) in [5.74, 6) is 0.864. The number of sulfonamides is 1. The summed E-state index contributed by atoms with van der Waals surface area (Å²) in [5, 5.41) is 2.95. The van der Waals surface area contributed by atoms with E-state index in [-0.39, 0.29) is 17.4 Å². The van der Waals surface area contributed by atoms with Gasteiger partial charge in [-0.15, -0.1) is 0 Å². The number of hydrogen-bond donors (Lipinski definition) is 1. The zero-order valence-corrected chi connectivity index (χ0v) is 22.0. The first-order valence-corrected chi connectivity index (χ1v) is 13.4. The number of hydrogen-bond acceptors (Lipinski definition) is 4. The molecule has 186 valence electrons. The van der Waals surface area contributed by atoms with E-state index in [1.807, 2.05) is 49.4 Å². The number of nitrogens with zero attached hydrogens (tertiary/aromatic N) is 1. The van der Waals surface area contributed by atoms with Crippen LogP contribution in [0.3, 0.4) is 0 Å². The van der Waals surface area contributed by atoms with Crippen molar-refractivity contribution in [3.8, 4) is 11.5 Å². The largest absolute Gasteiger partial charge is 0.457 e. The molecule has 0 aromatic heterocycles. The Labute approximate surface area is 209 Å². The summed E-state index contributed by atoms with van der Waals surface area (Å²) in [7, 11) is -3.72. The minimum absolute atomic E-state index is 0.0389. The van der Waals surface area contributed by atoms with E-state index < -0.39 is 16.1 Å². The maximum absolute atomic E-state index is 13.1. The molecule has 6 nitrogen and oxygen atoms in total. The van der Waals surface area contributed by atoms with Crippen molar-refractivity contribution in [1.29, 1.82) is 0 Å². The van der Waals surface area contributed by atoms with Crippen LogP contribution in [0.1, 0.15) is 51.8 Å². The summed E-state index contributed by atoms with van der Waals surface area (Å²) in [6.07, 6.45) is 1.10. The highest BCUT2D eigenvalue weighted by atomic mass is 32.2. The molecule has 0 aliphatic carbocycles. The fourth-order valence-electron chi connectivity index (χ4n) is 3.78. The summed E-state index contributed by atoms with van der Waals surface area (Å²) in [6.45, 7) is 9.91. The molecular formula is C28H34N2O4S. The van der Waals surface area contributed by atoms with Gasteiger partial charge in [0.25, 0.3) is 0 Å². The minimum atomic E-state index is -3.72. The maximum Gasteiger partial charge on any atom is 0.244 e. The van der Waals surface area contributed by atoms with Crippen LogP contribution in [0.25, 0.3) is 0 Å². The molecule has 2 atom stereocenters. The van der Waals surface area contributed by atoms with Gasteiger partial charge in [-0.05, 0) is 66.8 Å². The number of carbonyl (C=O) groups excluding carboxylic acids is 1. The highest BCUT2D eigenvalue weighted by Crippen LogP contribution is 2.28. The summed E-state index contributed by atoms with van der Waals surface area (Å²) < 4.78 is 32.2. The van der Waals surface area contributed by atoms with Crippen molar-refractivity contribution in [2.75, 3.05) is 10.6 Å². The van der Waals surface area contributed by atoms with Crippen molar-refractivity contribution < 1.29 is 17.9 Å². The van der Waals surface area contributed by atoms with E-state index in [0.29, 0.717) is 17.2 Å². The van der Waals surface area contributed by atoms with Crippen molar-refractivity contribution >= 4 is 21.6 Å². The topological polar surface area (TPSA) is 75.7 Å². The van der Waals surface area contributed by atoms with Crippen LogP contribution in [-0.4, -0.2) is 26.6 Å². The molecule has 0 spiro atoms. The molecule has 0 heterocycles. The number of amides is 1. The molecular weight excluding hydrogens is 460 g/mol. The Balaban J connectivity index is 1.74. The van der Waals surface area contributed by atoms with Crippen LogP contribution >= 0.6 is 0 Å². The van der Waals surface area contributed by atoms with Gasteiger partial charge in [-0.1, -0.05) is 63.2 Å². The SMILES string of the molecule is CC(NC(=O)C(C)N(c1ccc(Oc2ccccc2)cc1)S(C)(=O)=O)c1ccc(C(C)(C)C)cc1. The van der Waals surface area contributed by atoms with Crippen molar-refractivity contribution in [1.82, 2.24) is 5.32 Å². The van der Waals surface area contributed by atoms with Crippen LogP contribution in [0.2, 0.25) is 0 Å². The quantitative estimate of drug-likeness (QED) is 0.429. The second-order valence-electron chi connectivity index (χ2n) is 9.75. The first kappa shape index (κ1) is 26.3. The molecule has 3 rings (SSSR count). The predicted octanol–water partition coefficient (Wildman–Crippen LogP) is 5.81. The third kappa shape index (κ3) is 6.85. The highest BCUT2D eigenvalue weighted by Gasteiger charge is 2.30. The summed E-state index contributed by atoms with van der Waals surface area (Å²) in [6, 6.07) is 22.8. The lowest BCUT2D eigenvalue weighted by molar-refractivity contribution is -0.122. The Kier molecular flexibility index (Phi) is 7.90. The minimum Gasteiger partial charge on any atom is -0.457 e. The first-order valence-electron chi connectivity index (χ1n) is 11.6. The molecule has 1 amide bonds. The number of rotatable bonds is 8. The van der Waals surface area contributed by atoms with E-state index in [4.69, 9.17) is 4.74 Å². The molecule has 2 unspecified atom stereocenters. The van der Waals surface area contributed by atoms with E-state index in [1.165, 1.54) is 5.56 Å². The van der Waals surface area contributed by atoms with Gasteiger partial charge in [-0.2, -0.15) is 0 Å². The first-order chi connectivity index (χ1) is 16.4. The molecule has 0 saturated carbocycles. The molecule has 3 aromatic carbocycles. The summed E-state index contributed by atoms with van der Waals surface area (Å²) in [4.78, 5) is 13.1. The van der Waals surface area contributed by atoms with E-state index in [1.54, 1.807) is 31.2 Å². The van der Waals surface area contributed by atoms with E-state index in [0.717, 1.165) is 16.1 Å². The zero-order chi connectivity index (χ0) is 25.8. The van der Waals surface area contributed by atoms with Gasteiger partial charge < -0.3 is 10.1 Å². The Bertz CT molecular complexity index is 1230. The summed E-state index contributed by atoms with van der Waals surface area (Å²) in [5.41, 5.74) is 2.58. The monoisotopic (exact) mass is 494 g/mol. The molecule has 0 bridgehead atoms. The Morgan fingerprint density at radius 1 is 0.857 bits per heavy atom. The van der Waals surface area contributed by atoms with Crippen LogP contribution in [-0.2, 0) is 20.2 Å². The highest BCUT2D eigenvalue weighted by molar-refractivity contribution is 7.92. The van der Waals surface area contributed by atoms with Crippen molar-refractivity contribution in [3.05, 3.63) is 90.0 Å². The average molecular weight is 495 g/mol. The lowest BCUT2D eigenvalue weighted by Gasteiger charge is -2.29. The molecule has 0 aliphatic rings. The molecule has 0 fully saturated rings. The van der Waals surface area contributed by atoms with Crippen LogP contribution in [0.5, 0.6) is 11.5 Å². The number of carbonyl (C=O) groups is 1. The number of para-hydroxylation sites is 1. The molecule has 7 heteroatoms. The number of benzene rings is 3. The molecule has 0 radical (unpaired) electrons. The Morgan fingerprint density at radius 3 is 1.91 bits per heavy atom. The van der Waals surface area contributed by atoms with Gasteiger partial charge in [0.05, 0.1) is 18.0 Å². The maximum atomic E-state index is 13.1. The van der Waals surface area contributed by atoms with Crippen LogP contribution in [0.4, 0.5) is 5.69 Å². The lowest BCUT2D eigenvalue weighted by atomic mass is 9.86. The Hall–Kier alpha value is -3.32. The molecule has 3 aromatic rings. The smallest absolute Gasteiger partial charge is 0.244 e. The Morgan fingerprint density at radius 2 is 1.40 bits per heavy atom. The number of nitrogens with one attached hydrogen (secondary N) is 1. The van der Waals surface area contributed by atoms with Gasteiger partial charge in [0.15, 0.2) is 0 Å². The van der Waals surface area contributed by atoms with Crippen molar-refractivity contribution in [2.24, 2.45) is 0 Å². The van der Waals surface area contributed by atoms with Crippen molar-refractivity contribution in [3.63, 3.8) is 0 Å². The third-order valence-corrected chi connectivity index (χ3v) is 7.04. The van der Waals surface area contributed by atoms with Gasteiger partial charge >= 0.3 is 0 Å². The molecule has 1 N–H and O–H groups in total. The fourth-order valence-corrected chi connectivity index (χ4v) is 4.96. The van der Waals surface area contributed by atoms with Gasteiger partial charge in [0.2, 0.25) is 15.9 Å². The third-order valence-electron chi connectivity index (χ3n) is 5.79. The van der Waals surface area contributed by atoms with Crippen molar-refractivity contribution in [2.45, 2.75) is 52.1 Å². The van der Waals surface area contributed by atoms with Gasteiger partial charge in [-0.3, -0.25) is 9.10 Å². The van der Waals surface area contributed by atoms with Gasteiger partial charge in [0, 0.05) is 0 Å².